The van der Waals surface area contributed by atoms with Crippen LogP contribution in [0.2, 0.25) is 25.7 Å². The maximum absolute atomic E-state index is 14.0. The van der Waals surface area contributed by atoms with E-state index in [1.54, 1.807) is 6.33 Å². The highest BCUT2D eigenvalue weighted by molar-refractivity contribution is 9.10. The van der Waals surface area contributed by atoms with E-state index in [0.29, 0.717) is 11.2 Å². The Bertz CT molecular complexity index is 949. The first-order valence-electron chi connectivity index (χ1n) is 9.13. The van der Waals surface area contributed by atoms with Gasteiger partial charge in [0.25, 0.3) is 0 Å². The van der Waals surface area contributed by atoms with Gasteiger partial charge in [-0.2, -0.15) is 0 Å². The maximum atomic E-state index is 14.0. The number of anilines is 1. The van der Waals surface area contributed by atoms with Crippen molar-refractivity contribution in [2.75, 3.05) is 11.9 Å². The smallest absolute Gasteiger partial charge is 0.132 e. The van der Waals surface area contributed by atoms with Gasteiger partial charge in [-0.15, -0.1) is 0 Å². The number of halogens is 3. The van der Waals surface area contributed by atoms with E-state index in [0.717, 1.165) is 29.4 Å². The minimum absolute atomic E-state index is 0.00428. The predicted molar refractivity (Wildman–Crippen MR) is 115 cm³/mol. The fourth-order valence-corrected chi connectivity index (χ4v) is 3.91. The van der Waals surface area contributed by atoms with Crippen LogP contribution in [-0.2, 0) is 18.0 Å². The van der Waals surface area contributed by atoms with E-state index in [1.807, 2.05) is 22.8 Å². The van der Waals surface area contributed by atoms with E-state index in [-0.39, 0.29) is 12.1 Å². The Labute approximate surface area is 173 Å². The van der Waals surface area contributed by atoms with Gasteiger partial charge in [-0.05, 0) is 36.4 Å². The van der Waals surface area contributed by atoms with Crippen molar-refractivity contribution in [3.63, 3.8) is 0 Å². The molecule has 0 saturated heterocycles. The third-order valence-electron chi connectivity index (χ3n) is 4.42. The number of imidazole rings is 1. The van der Waals surface area contributed by atoms with E-state index < -0.39 is 19.7 Å². The molecule has 1 N–H and O–H groups in total. The molecule has 2 aromatic carbocycles. The average Bonchev–Trinajstić information content (AvgIpc) is 2.99. The van der Waals surface area contributed by atoms with Gasteiger partial charge >= 0.3 is 0 Å². The van der Waals surface area contributed by atoms with Gasteiger partial charge in [-0.25, -0.2) is 13.8 Å². The summed E-state index contributed by atoms with van der Waals surface area (Å²) in [5.74, 6) is -1.17. The number of aromatic nitrogens is 2. The van der Waals surface area contributed by atoms with Crippen molar-refractivity contribution in [3.8, 4) is 0 Å². The Morgan fingerprint density at radius 1 is 1.14 bits per heavy atom. The summed E-state index contributed by atoms with van der Waals surface area (Å²) in [6.07, 6.45) is 1.75. The zero-order valence-corrected chi connectivity index (χ0v) is 18.8. The lowest BCUT2D eigenvalue weighted by Crippen LogP contribution is -2.21. The molecule has 0 aliphatic carbocycles. The molecule has 1 aromatic heterocycles. The van der Waals surface area contributed by atoms with Gasteiger partial charge in [0, 0.05) is 36.9 Å². The largest absolute Gasteiger partial charge is 0.381 e. The van der Waals surface area contributed by atoms with Crippen LogP contribution >= 0.6 is 15.9 Å². The van der Waals surface area contributed by atoms with Crippen molar-refractivity contribution >= 4 is 40.7 Å². The second kappa shape index (κ2) is 8.71. The number of benzene rings is 2. The minimum Gasteiger partial charge on any atom is -0.381 e. The molecular weight excluding hydrogens is 444 g/mol. The van der Waals surface area contributed by atoms with Crippen LogP contribution in [0.3, 0.4) is 0 Å². The monoisotopic (exact) mass is 467 g/mol. The topological polar surface area (TPSA) is 39.1 Å². The number of fused-ring (bicyclic) bond motifs is 1. The summed E-state index contributed by atoms with van der Waals surface area (Å²) in [6, 6.07) is 9.30. The van der Waals surface area contributed by atoms with Gasteiger partial charge in [0.1, 0.15) is 18.4 Å². The van der Waals surface area contributed by atoms with Crippen LogP contribution < -0.4 is 5.32 Å². The van der Waals surface area contributed by atoms with Crippen LogP contribution in [0.4, 0.5) is 14.5 Å². The molecule has 8 heteroatoms. The number of hydrogen-bond donors (Lipinski definition) is 1. The van der Waals surface area contributed by atoms with Crippen molar-refractivity contribution < 1.29 is 13.5 Å². The molecule has 0 atom stereocenters. The van der Waals surface area contributed by atoms with Gasteiger partial charge in [0.15, 0.2) is 0 Å². The Balaban J connectivity index is 1.64. The summed E-state index contributed by atoms with van der Waals surface area (Å²) in [6.45, 7) is 8.23. The van der Waals surface area contributed by atoms with E-state index in [2.05, 4.69) is 45.9 Å². The van der Waals surface area contributed by atoms with Crippen LogP contribution in [0.1, 0.15) is 5.56 Å². The van der Waals surface area contributed by atoms with Crippen LogP contribution in [0.5, 0.6) is 0 Å². The number of ether oxygens (including phenoxy) is 1. The van der Waals surface area contributed by atoms with Crippen molar-refractivity contribution in [1.29, 1.82) is 0 Å². The number of rotatable bonds is 8. The van der Waals surface area contributed by atoms with Gasteiger partial charge in [-0.3, -0.25) is 0 Å². The predicted octanol–water partition coefficient (Wildman–Crippen LogP) is 6.00. The molecule has 0 bridgehead atoms. The second-order valence-corrected chi connectivity index (χ2v) is 14.5. The Morgan fingerprint density at radius 3 is 2.54 bits per heavy atom. The number of hydrogen-bond acceptors (Lipinski definition) is 3. The van der Waals surface area contributed by atoms with Crippen molar-refractivity contribution in [2.45, 2.75) is 39.0 Å². The first-order chi connectivity index (χ1) is 13.2. The Hall–Kier alpha value is -1.77. The summed E-state index contributed by atoms with van der Waals surface area (Å²) >= 11 is 3.09. The fraction of sp³-hybridized carbons (Fsp3) is 0.350. The molecule has 4 nitrogen and oxygen atoms in total. The minimum atomic E-state index is -1.10. The maximum Gasteiger partial charge on any atom is 0.132 e. The van der Waals surface area contributed by atoms with Crippen LogP contribution in [0.25, 0.3) is 11.0 Å². The molecular formula is C20H24BrF2N3OSi. The molecule has 150 valence electrons. The van der Waals surface area contributed by atoms with Gasteiger partial charge < -0.3 is 14.6 Å². The highest BCUT2D eigenvalue weighted by Gasteiger charge is 2.13. The second-order valence-electron chi connectivity index (χ2n) is 7.97. The van der Waals surface area contributed by atoms with Crippen LogP contribution in [-0.4, -0.2) is 24.2 Å². The lowest BCUT2D eigenvalue weighted by molar-refractivity contribution is 0.0898. The third-order valence-corrected chi connectivity index (χ3v) is 6.58. The van der Waals surface area contributed by atoms with E-state index in [9.17, 15) is 8.78 Å². The normalized spacial score (nSPS) is 11.9. The van der Waals surface area contributed by atoms with Crippen molar-refractivity contribution in [2.24, 2.45) is 0 Å². The van der Waals surface area contributed by atoms with E-state index in [1.165, 1.54) is 12.1 Å². The standard InChI is InChI=1S/C20H24BrF2N3OSi/c1-28(2,3)7-6-27-13-26-12-25-19-10-15(4-5-20(19)26)24-11-16-17(22)8-14(21)9-18(16)23/h4-5,8-10,12,24H,6-7,11,13H2,1-3H3. The summed E-state index contributed by atoms with van der Waals surface area (Å²) < 4.78 is 36.0. The van der Waals surface area contributed by atoms with Crippen LogP contribution in [0, 0.1) is 11.6 Å². The van der Waals surface area contributed by atoms with Gasteiger partial charge in [0.05, 0.1) is 17.4 Å². The Morgan fingerprint density at radius 2 is 1.86 bits per heavy atom. The highest BCUT2D eigenvalue weighted by atomic mass is 79.9. The quantitative estimate of drug-likeness (QED) is 0.326. The molecule has 0 aliphatic rings. The number of nitrogens with zero attached hydrogens (tertiary/aromatic N) is 2. The molecule has 0 aliphatic heterocycles. The third kappa shape index (κ3) is 5.39. The van der Waals surface area contributed by atoms with Gasteiger partial charge in [-0.1, -0.05) is 35.6 Å². The molecule has 1 heterocycles. The molecule has 0 spiro atoms. The SMILES string of the molecule is C[Si](C)(C)CCOCn1cnc2cc(NCc3c(F)cc(Br)cc3F)ccc21. The van der Waals surface area contributed by atoms with Crippen LogP contribution in [0.15, 0.2) is 41.1 Å². The highest BCUT2D eigenvalue weighted by Crippen LogP contribution is 2.22. The lowest BCUT2D eigenvalue weighted by atomic mass is 10.2. The van der Waals surface area contributed by atoms with Crippen molar-refractivity contribution in [1.82, 2.24) is 9.55 Å². The van der Waals surface area contributed by atoms with Crippen molar-refractivity contribution in [3.05, 3.63) is 58.3 Å². The zero-order chi connectivity index (χ0) is 20.3. The molecule has 3 rings (SSSR count). The molecule has 3 aromatic rings. The van der Waals surface area contributed by atoms with E-state index >= 15 is 0 Å². The summed E-state index contributed by atoms with van der Waals surface area (Å²) in [5, 5.41) is 3.06. The number of nitrogens with one attached hydrogen (secondary N) is 1. The molecule has 0 amide bonds. The molecule has 0 fully saturated rings. The summed E-state index contributed by atoms with van der Waals surface area (Å²) in [4.78, 5) is 4.41. The lowest BCUT2D eigenvalue weighted by Gasteiger charge is -2.15. The molecule has 0 radical (unpaired) electrons. The average molecular weight is 468 g/mol. The van der Waals surface area contributed by atoms with E-state index in [4.69, 9.17) is 4.74 Å². The molecule has 0 unspecified atom stereocenters. The fourth-order valence-electron chi connectivity index (χ4n) is 2.75. The first kappa shape index (κ1) is 20.9. The Kier molecular flexibility index (Phi) is 6.52. The summed E-state index contributed by atoms with van der Waals surface area (Å²) in [5.41, 5.74) is 2.51. The summed E-state index contributed by atoms with van der Waals surface area (Å²) in [7, 11) is -1.10. The molecule has 0 saturated carbocycles. The zero-order valence-electron chi connectivity index (χ0n) is 16.2. The van der Waals surface area contributed by atoms with Gasteiger partial charge in [0.2, 0.25) is 0 Å². The first-order valence-corrected chi connectivity index (χ1v) is 13.6. The molecule has 28 heavy (non-hydrogen) atoms.